The van der Waals surface area contributed by atoms with Gasteiger partial charge < -0.3 is 10.4 Å². The Morgan fingerprint density at radius 1 is 1.44 bits per heavy atom. The van der Waals surface area contributed by atoms with Crippen molar-refractivity contribution in [3.05, 3.63) is 50.9 Å². The Morgan fingerprint density at radius 3 is 2.89 bits per heavy atom. The lowest BCUT2D eigenvalue weighted by atomic mass is 10.2. The summed E-state index contributed by atoms with van der Waals surface area (Å²) in [6.45, 7) is 0.326. The molecule has 0 bridgehead atoms. The number of carbonyl (C=O) groups is 1. The fourth-order valence-electron chi connectivity index (χ4n) is 1.47. The number of benzene rings is 1. The Hall–Kier alpha value is -1.59. The molecular weight excluding hydrogens is 277 g/mol. The van der Waals surface area contributed by atoms with Gasteiger partial charge in [0.1, 0.15) is 10.7 Å². The number of anilines is 1. The first kappa shape index (κ1) is 12.9. The molecule has 0 unspecified atom stereocenters. The molecule has 1 aromatic carbocycles. The Labute approximate surface area is 112 Å². The maximum Gasteiger partial charge on any atom is 0.346 e. The number of rotatable bonds is 4. The molecule has 0 fully saturated rings. The third kappa shape index (κ3) is 2.80. The number of halogens is 2. The van der Waals surface area contributed by atoms with Gasteiger partial charge in [0.2, 0.25) is 0 Å². The molecule has 0 amide bonds. The van der Waals surface area contributed by atoms with E-state index in [9.17, 15) is 9.18 Å². The summed E-state index contributed by atoms with van der Waals surface area (Å²) in [5.74, 6) is -1.46. The highest BCUT2D eigenvalue weighted by Crippen LogP contribution is 2.21. The fraction of sp³-hybridized carbons (Fsp3) is 0.0833. The van der Waals surface area contributed by atoms with Gasteiger partial charge in [-0.05, 0) is 35.2 Å². The summed E-state index contributed by atoms with van der Waals surface area (Å²) < 4.78 is 13.2. The SMILES string of the molecule is O=C(O)c1sccc1CNc1ccc(Cl)c(F)c1. The van der Waals surface area contributed by atoms with Crippen LogP contribution in [0.2, 0.25) is 5.02 Å². The highest BCUT2D eigenvalue weighted by Gasteiger charge is 2.11. The summed E-state index contributed by atoms with van der Waals surface area (Å²) in [5.41, 5.74) is 1.22. The van der Waals surface area contributed by atoms with E-state index in [1.807, 2.05) is 0 Å². The maximum absolute atomic E-state index is 13.2. The minimum absolute atomic E-state index is 0.0577. The van der Waals surface area contributed by atoms with Crippen LogP contribution in [-0.4, -0.2) is 11.1 Å². The molecule has 0 aliphatic carbocycles. The van der Waals surface area contributed by atoms with Crippen molar-refractivity contribution in [1.82, 2.24) is 0 Å². The smallest absolute Gasteiger partial charge is 0.346 e. The Bertz CT molecular complexity index is 585. The fourth-order valence-corrected chi connectivity index (χ4v) is 2.34. The zero-order valence-electron chi connectivity index (χ0n) is 9.11. The van der Waals surface area contributed by atoms with Gasteiger partial charge in [0.15, 0.2) is 0 Å². The van der Waals surface area contributed by atoms with Crippen LogP contribution in [0.4, 0.5) is 10.1 Å². The lowest BCUT2D eigenvalue weighted by Crippen LogP contribution is -2.04. The van der Waals surface area contributed by atoms with E-state index < -0.39 is 11.8 Å². The van der Waals surface area contributed by atoms with Gasteiger partial charge in [-0.3, -0.25) is 0 Å². The molecule has 2 N–H and O–H groups in total. The zero-order valence-corrected chi connectivity index (χ0v) is 10.7. The summed E-state index contributed by atoms with van der Waals surface area (Å²) in [4.78, 5) is 11.2. The van der Waals surface area contributed by atoms with Crippen molar-refractivity contribution in [2.24, 2.45) is 0 Å². The van der Waals surface area contributed by atoms with Crippen LogP contribution in [0.5, 0.6) is 0 Å². The Balaban J connectivity index is 2.09. The van der Waals surface area contributed by atoms with Gasteiger partial charge in [-0.2, -0.15) is 0 Å². The van der Waals surface area contributed by atoms with E-state index in [2.05, 4.69) is 5.32 Å². The molecule has 0 saturated heterocycles. The molecule has 0 saturated carbocycles. The molecule has 0 atom stereocenters. The summed E-state index contributed by atoms with van der Waals surface area (Å²) in [6.07, 6.45) is 0. The zero-order chi connectivity index (χ0) is 13.1. The van der Waals surface area contributed by atoms with E-state index >= 15 is 0 Å². The van der Waals surface area contributed by atoms with Gasteiger partial charge in [-0.25, -0.2) is 9.18 Å². The molecule has 3 nitrogen and oxygen atoms in total. The molecule has 6 heteroatoms. The van der Waals surface area contributed by atoms with E-state index in [4.69, 9.17) is 16.7 Å². The molecule has 2 rings (SSSR count). The van der Waals surface area contributed by atoms with Crippen LogP contribution < -0.4 is 5.32 Å². The van der Waals surface area contributed by atoms with Crippen LogP contribution in [0.1, 0.15) is 15.2 Å². The quantitative estimate of drug-likeness (QED) is 0.897. The molecule has 1 aromatic heterocycles. The third-order valence-corrected chi connectivity index (χ3v) is 3.59. The molecule has 0 aliphatic rings. The van der Waals surface area contributed by atoms with Crippen molar-refractivity contribution >= 4 is 34.6 Å². The average Bonchev–Trinajstić information content (AvgIpc) is 2.79. The van der Waals surface area contributed by atoms with E-state index in [1.165, 1.54) is 12.1 Å². The lowest BCUT2D eigenvalue weighted by molar-refractivity contribution is 0.0701. The van der Waals surface area contributed by atoms with Gasteiger partial charge in [0, 0.05) is 12.2 Å². The van der Waals surface area contributed by atoms with E-state index in [-0.39, 0.29) is 9.90 Å². The molecule has 0 radical (unpaired) electrons. The molecular formula is C12H9ClFNO2S. The first-order chi connectivity index (χ1) is 8.58. The minimum Gasteiger partial charge on any atom is -0.477 e. The highest BCUT2D eigenvalue weighted by atomic mass is 35.5. The number of carboxylic acid groups (broad SMARTS) is 1. The standard InChI is InChI=1S/C12H9ClFNO2S/c13-9-2-1-8(5-10(9)14)15-6-7-3-4-18-11(7)12(16)17/h1-5,15H,6H2,(H,16,17). The van der Waals surface area contributed by atoms with Crippen LogP contribution in [0.25, 0.3) is 0 Å². The summed E-state index contributed by atoms with van der Waals surface area (Å²) in [7, 11) is 0. The Kier molecular flexibility index (Phi) is 3.84. The molecule has 0 aliphatic heterocycles. The van der Waals surface area contributed by atoms with Crippen molar-refractivity contribution in [3.63, 3.8) is 0 Å². The summed E-state index contributed by atoms with van der Waals surface area (Å²) in [5, 5.41) is 13.7. The maximum atomic E-state index is 13.2. The third-order valence-electron chi connectivity index (χ3n) is 2.34. The van der Waals surface area contributed by atoms with Crippen molar-refractivity contribution in [2.75, 3.05) is 5.32 Å². The Morgan fingerprint density at radius 2 is 2.22 bits per heavy atom. The summed E-state index contributed by atoms with van der Waals surface area (Å²) >= 11 is 6.73. The van der Waals surface area contributed by atoms with Crippen molar-refractivity contribution < 1.29 is 14.3 Å². The van der Waals surface area contributed by atoms with E-state index in [0.717, 1.165) is 11.3 Å². The van der Waals surface area contributed by atoms with Gasteiger partial charge >= 0.3 is 5.97 Å². The number of thiophene rings is 1. The van der Waals surface area contributed by atoms with Crippen molar-refractivity contribution in [3.8, 4) is 0 Å². The largest absolute Gasteiger partial charge is 0.477 e. The normalized spacial score (nSPS) is 10.3. The highest BCUT2D eigenvalue weighted by molar-refractivity contribution is 7.12. The van der Waals surface area contributed by atoms with Crippen LogP contribution in [0.15, 0.2) is 29.6 Å². The number of hydrogen-bond acceptors (Lipinski definition) is 3. The first-order valence-electron chi connectivity index (χ1n) is 5.06. The average molecular weight is 286 g/mol. The van der Waals surface area contributed by atoms with Gasteiger partial charge in [0.05, 0.1) is 5.02 Å². The molecule has 94 valence electrons. The van der Waals surface area contributed by atoms with Crippen LogP contribution in [-0.2, 0) is 6.54 Å². The molecule has 2 aromatic rings. The van der Waals surface area contributed by atoms with Crippen molar-refractivity contribution in [1.29, 1.82) is 0 Å². The van der Waals surface area contributed by atoms with Crippen LogP contribution in [0, 0.1) is 5.82 Å². The van der Waals surface area contributed by atoms with Crippen molar-refractivity contribution in [2.45, 2.75) is 6.54 Å². The number of carboxylic acids is 1. The predicted octanol–water partition coefficient (Wildman–Crippen LogP) is 3.85. The number of aromatic carboxylic acids is 1. The van der Waals surface area contributed by atoms with Gasteiger partial charge in [-0.15, -0.1) is 11.3 Å². The number of hydrogen-bond donors (Lipinski definition) is 2. The van der Waals surface area contributed by atoms with E-state index in [0.29, 0.717) is 17.8 Å². The monoisotopic (exact) mass is 285 g/mol. The second-order valence-corrected chi connectivity index (χ2v) is 4.89. The predicted molar refractivity (Wildman–Crippen MR) is 70.0 cm³/mol. The summed E-state index contributed by atoms with van der Waals surface area (Å²) in [6, 6.07) is 6.09. The topological polar surface area (TPSA) is 49.3 Å². The van der Waals surface area contributed by atoms with Crippen LogP contribution in [0.3, 0.4) is 0 Å². The second kappa shape index (κ2) is 5.37. The van der Waals surface area contributed by atoms with Gasteiger partial charge in [-0.1, -0.05) is 11.6 Å². The molecule has 1 heterocycles. The first-order valence-corrected chi connectivity index (χ1v) is 6.32. The van der Waals surface area contributed by atoms with Gasteiger partial charge in [0.25, 0.3) is 0 Å². The van der Waals surface area contributed by atoms with E-state index in [1.54, 1.807) is 17.5 Å². The molecule has 0 spiro atoms. The molecule has 18 heavy (non-hydrogen) atoms. The number of nitrogens with one attached hydrogen (secondary N) is 1. The minimum atomic E-state index is -0.955. The second-order valence-electron chi connectivity index (χ2n) is 3.56. The van der Waals surface area contributed by atoms with Crippen LogP contribution >= 0.6 is 22.9 Å². The lowest BCUT2D eigenvalue weighted by Gasteiger charge is -2.06.